The van der Waals surface area contributed by atoms with Gasteiger partial charge in [0.15, 0.2) is 0 Å². The Bertz CT molecular complexity index is 75.4. The largest absolute Gasteiger partial charge is 0.481 e. The summed E-state index contributed by atoms with van der Waals surface area (Å²) in [6.07, 6.45) is 0. The van der Waals surface area contributed by atoms with E-state index >= 15 is 0 Å². The quantitative estimate of drug-likeness (QED) is 0.414. The first-order chi connectivity index (χ1) is 3.46. The van der Waals surface area contributed by atoms with E-state index in [4.69, 9.17) is 19.8 Å². The van der Waals surface area contributed by atoms with Crippen molar-refractivity contribution in [2.45, 2.75) is 13.8 Å². The van der Waals surface area contributed by atoms with E-state index < -0.39 is 11.9 Å². The van der Waals surface area contributed by atoms with Crippen LogP contribution in [0, 0.1) is 0 Å². The van der Waals surface area contributed by atoms with Crippen LogP contribution in [0.4, 0.5) is 0 Å². The molecule has 0 aromatic heterocycles. The molecule has 0 aliphatic carbocycles. The number of carboxylic acid groups (broad SMARTS) is 2. The van der Waals surface area contributed by atoms with E-state index in [1.807, 2.05) is 0 Å². The average Bonchev–Trinajstić information content (AvgIpc) is 1.25. The third-order valence-electron chi connectivity index (χ3n) is 0. The van der Waals surface area contributed by atoms with Crippen LogP contribution in [0.5, 0.6) is 0 Å². The van der Waals surface area contributed by atoms with Gasteiger partial charge in [0, 0.05) is 30.9 Å². The van der Waals surface area contributed by atoms with E-state index in [0.29, 0.717) is 0 Å². The van der Waals surface area contributed by atoms with Crippen molar-refractivity contribution >= 4 is 11.9 Å². The Balaban J connectivity index is -0.00000000468. The molecule has 0 bridgehead atoms. The van der Waals surface area contributed by atoms with E-state index in [1.54, 1.807) is 0 Å². The fraction of sp³-hybridized carbons (Fsp3) is 0.500. The van der Waals surface area contributed by atoms with E-state index in [1.165, 1.54) is 0 Å². The third kappa shape index (κ3) is 2730. The van der Waals surface area contributed by atoms with Gasteiger partial charge in [-0.15, -0.1) is 0 Å². The van der Waals surface area contributed by atoms with Crippen LogP contribution in [0.15, 0.2) is 0 Å². The summed E-state index contributed by atoms with van der Waals surface area (Å²) in [6.45, 7) is 2.17. The van der Waals surface area contributed by atoms with Crippen molar-refractivity contribution in [2.24, 2.45) is 0 Å². The van der Waals surface area contributed by atoms with Crippen LogP contribution in [0.1, 0.15) is 13.8 Å². The molecule has 0 aliphatic rings. The molecule has 0 rings (SSSR count). The molecule has 0 aromatic carbocycles. The summed E-state index contributed by atoms with van der Waals surface area (Å²) in [5, 5.41) is 14.8. The van der Waals surface area contributed by atoms with Crippen LogP contribution >= 0.6 is 0 Å². The third-order valence-corrected chi connectivity index (χ3v) is 0. The zero-order chi connectivity index (χ0) is 7.15. The van der Waals surface area contributed by atoms with Crippen LogP contribution in [0.3, 0.4) is 0 Å². The van der Waals surface area contributed by atoms with Gasteiger partial charge in [-0.05, 0) is 0 Å². The number of hydrogen-bond donors (Lipinski definition) is 2. The first-order valence-electron chi connectivity index (χ1n) is 1.86. The summed E-state index contributed by atoms with van der Waals surface area (Å²) >= 11 is 0. The van der Waals surface area contributed by atoms with Crippen LogP contribution in [0.2, 0.25) is 0 Å². The fourth-order valence-electron chi connectivity index (χ4n) is 0. The molecular weight excluding hydrogens is 264 g/mol. The van der Waals surface area contributed by atoms with Crippen LogP contribution < -0.4 is 0 Å². The van der Waals surface area contributed by atoms with Crippen LogP contribution in [-0.4, -0.2) is 55.0 Å². The topological polar surface area (TPSA) is 264 Å². The maximum Gasteiger partial charge on any atom is 0.300 e. The second-order valence-electron chi connectivity index (χ2n) is 1.04. The SMILES string of the molecule is CC(=O)O.CC(=O)O.O.O.O.O.O.O.[Fe]. The van der Waals surface area contributed by atoms with Crippen LogP contribution in [-0.2, 0) is 26.7 Å². The normalized spacial score (nSPS) is 3.33. The number of hydrogen-bond acceptors (Lipinski definition) is 2. The Morgan fingerprint density at radius 3 is 0.667 bits per heavy atom. The molecule has 0 atom stereocenters. The zero-order valence-corrected chi connectivity index (χ0v) is 9.17. The second kappa shape index (κ2) is 72.5. The first kappa shape index (κ1) is 91.2. The zero-order valence-electron chi connectivity index (χ0n) is 8.06. The molecule has 11 heteroatoms. The van der Waals surface area contributed by atoms with Crippen molar-refractivity contribution in [1.82, 2.24) is 0 Å². The van der Waals surface area contributed by atoms with Gasteiger partial charge >= 0.3 is 0 Å². The van der Waals surface area contributed by atoms with Crippen molar-refractivity contribution < 1.29 is 69.7 Å². The fourth-order valence-corrected chi connectivity index (χ4v) is 0. The van der Waals surface area contributed by atoms with Crippen molar-refractivity contribution in [2.75, 3.05) is 0 Å². The first-order valence-corrected chi connectivity index (χ1v) is 1.86. The second-order valence-corrected chi connectivity index (χ2v) is 1.04. The van der Waals surface area contributed by atoms with Crippen LogP contribution in [0.25, 0.3) is 0 Å². The summed E-state index contributed by atoms with van der Waals surface area (Å²) in [4.78, 5) is 18.0. The summed E-state index contributed by atoms with van der Waals surface area (Å²) < 4.78 is 0. The molecule has 15 heavy (non-hydrogen) atoms. The maximum atomic E-state index is 9.00. The molecule has 0 radical (unpaired) electrons. The summed E-state index contributed by atoms with van der Waals surface area (Å²) in [6, 6.07) is 0. The van der Waals surface area contributed by atoms with Gasteiger partial charge in [-0.1, -0.05) is 0 Å². The van der Waals surface area contributed by atoms with E-state index in [-0.39, 0.29) is 49.9 Å². The molecule has 14 N–H and O–H groups in total. The minimum absolute atomic E-state index is 0. The van der Waals surface area contributed by atoms with Crippen molar-refractivity contribution in [3.8, 4) is 0 Å². The number of aliphatic carboxylic acids is 2. The Labute approximate surface area is 96.2 Å². The summed E-state index contributed by atoms with van der Waals surface area (Å²) in [5.41, 5.74) is 0. The molecular formula is C4H20FeO10. The van der Waals surface area contributed by atoms with Gasteiger partial charge in [-0.3, -0.25) is 9.59 Å². The van der Waals surface area contributed by atoms with Gasteiger partial charge in [0.05, 0.1) is 0 Å². The Morgan fingerprint density at radius 1 is 0.667 bits per heavy atom. The van der Waals surface area contributed by atoms with E-state index in [0.717, 1.165) is 13.8 Å². The monoisotopic (exact) mass is 284 g/mol. The van der Waals surface area contributed by atoms with Crippen molar-refractivity contribution in [3.05, 3.63) is 0 Å². The molecule has 0 aromatic rings. The Morgan fingerprint density at radius 2 is 0.667 bits per heavy atom. The van der Waals surface area contributed by atoms with Gasteiger partial charge in [0.1, 0.15) is 0 Å². The molecule has 0 heterocycles. The molecule has 0 saturated carbocycles. The maximum absolute atomic E-state index is 9.00. The predicted octanol–water partition coefficient (Wildman–Crippen LogP) is -4.77. The van der Waals surface area contributed by atoms with E-state index in [2.05, 4.69) is 0 Å². The summed E-state index contributed by atoms with van der Waals surface area (Å²) in [5.74, 6) is -1.67. The Kier molecular flexibility index (Phi) is 441. The number of rotatable bonds is 0. The van der Waals surface area contributed by atoms with Crippen molar-refractivity contribution in [1.29, 1.82) is 0 Å². The average molecular weight is 284 g/mol. The van der Waals surface area contributed by atoms with Gasteiger partial charge in [-0.25, -0.2) is 0 Å². The van der Waals surface area contributed by atoms with Crippen molar-refractivity contribution in [3.63, 3.8) is 0 Å². The van der Waals surface area contributed by atoms with E-state index in [9.17, 15) is 0 Å². The molecule has 10 nitrogen and oxygen atoms in total. The predicted molar refractivity (Wildman–Crippen MR) is 48.3 cm³/mol. The molecule has 0 spiro atoms. The van der Waals surface area contributed by atoms with Gasteiger partial charge in [0.25, 0.3) is 11.9 Å². The van der Waals surface area contributed by atoms with Gasteiger partial charge in [-0.2, -0.15) is 0 Å². The standard InChI is InChI=1S/2C2H4O2.Fe.6H2O/c2*1-2(3)4;;;;;;;/h2*1H3,(H,3,4);;6*1H2. The van der Waals surface area contributed by atoms with Gasteiger partial charge in [0.2, 0.25) is 0 Å². The minimum Gasteiger partial charge on any atom is -0.481 e. The molecule has 0 aliphatic heterocycles. The smallest absolute Gasteiger partial charge is 0.300 e. The number of carbonyl (C=O) groups is 2. The van der Waals surface area contributed by atoms with Gasteiger partial charge < -0.3 is 43.1 Å². The molecule has 0 saturated heterocycles. The molecule has 0 fully saturated rings. The summed E-state index contributed by atoms with van der Waals surface area (Å²) in [7, 11) is 0. The Hall–Kier alpha value is -0.781. The minimum atomic E-state index is -0.833. The molecule has 104 valence electrons. The molecule has 0 amide bonds. The molecule has 0 unspecified atom stereocenters. The number of carboxylic acids is 2.